The molecule has 0 radical (unpaired) electrons. The van der Waals surface area contributed by atoms with Gasteiger partial charge in [-0.1, -0.05) is 19.9 Å². The third-order valence-corrected chi connectivity index (χ3v) is 8.86. The van der Waals surface area contributed by atoms with E-state index in [0.29, 0.717) is 17.3 Å². The minimum atomic E-state index is -0.131. The van der Waals surface area contributed by atoms with Gasteiger partial charge in [-0.15, -0.1) is 0 Å². The molecule has 1 saturated heterocycles. The van der Waals surface area contributed by atoms with Crippen molar-refractivity contribution in [3.63, 3.8) is 0 Å². The molecule has 0 aromatic heterocycles. The van der Waals surface area contributed by atoms with E-state index in [0.717, 1.165) is 49.9 Å². The van der Waals surface area contributed by atoms with E-state index in [1.807, 2.05) is 0 Å². The number of benzene rings is 1. The first-order chi connectivity index (χ1) is 13.6. The lowest BCUT2D eigenvalue weighted by Crippen LogP contribution is -2.42. The number of ether oxygens (including phenoxy) is 2. The third kappa shape index (κ3) is 2.93. The molecule has 3 nitrogen and oxygen atoms in total. The molecule has 1 aromatic carbocycles. The highest BCUT2D eigenvalue weighted by Gasteiger charge is 2.54. The summed E-state index contributed by atoms with van der Waals surface area (Å²) < 4.78 is 11.9. The average Bonchev–Trinajstić information content (AvgIpc) is 3.03. The van der Waals surface area contributed by atoms with E-state index in [1.54, 1.807) is 0 Å². The van der Waals surface area contributed by atoms with E-state index >= 15 is 0 Å². The first-order valence-corrected chi connectivity index (χ1v) is 11.5. The summed E-state index contributed by atoms with van der Waals surface area (Å²) in [5.41, 5.74) is 3.12. The van der Waals surface area contributed by atoms with Gasteiger partial charge < -0.3 is 14.3 Å². The molecule has 0 N–H and O–H groups in total. The van der Waals surface area contributed by atoms with Crippen molar-refractivity contribution in [1.29, 1.82) is 0 Å². The van der Waals surface area contributed by atoms with E-state index in [4.69, 9.17) is 9.47 Å². The molecule has 28 heavy (non-hydrogen) atoms. The Bertz CT molecular complexity index is 737. The number of fused-ring (bicyclic) bond motifs is 5. The van der Waals surface area contributed by atoms with Crippen molar-refractivity contribution in [3.05, 3.63) is 29.3 Å². The molecule has 0 amide bonds. The lowest BCUT2D eigenvalue weighted by atomic mass is 9.53. The largest absolute Gasteiger partial charge is 0.465 e. The first kappa shape index (κ1) is 18.7. The summed E-state index contributed by atoms with van der Waals surface area (Å²) in [7, 11) is 0. The first-order valence-electron chi connectivity index (χ1n) is 11.5. The van der Waals surface area contributed by atoms with Crippen molar-refractivity contribution < 1.29 is 14.3 Å². The van der Waals surface area contributed by atoms with Crippen LogP contribution >= 0.6 is 0 Å². The van der Waals surface area contributed by atoms with Crippen molar-refractivity contribution >= 4 is 6.29 Å². The number of rotatable bonds is 3. The van der Waals surface area contributed by atoms with E-state index in [1.165, 1.54) is 43.1 Å². The average molecular weight is 383 g/mol. The minimum absolute atomic E-state index is 0.0188. The molecule has 1 heterocycles. The van der Waals surface area contributed by atoms with Crippen LogP contribution in [0.15, 0.2) is 18.2 Å². The summed E-state index contributed by atoms with van der Waals surface area (Å²) in [5, 5.41) is 0. The Morgan fingerprint density at radius 3 is 2.82 bits per heavy atom. The summed E-state index contributed by atoms with van der Waals surface area (Å²) >= 11 is 0. The normalized spacial score (nSPS) is 42.2. The molecule has 3 aliphatic carbocycles. The highest BCUT2D eigenvalue weighted by atomic mass is 16.7. The Hall–Kier alpha value is -1.35. The van der Waals surface area contributed by atoms with Crippen LogP contribution in [0.5, 0.6) is 5.75 Å². The Kier molecular flexibility index (Phi) is 4.77. The molecule has 5 rings (SSSR count). The second-order valence-electron chi connectivity index (χ2n) is 10.1. The van der Waals surface area contributed by atoms with Gasteiger partial charge in [-0.05, 0) is 97.3 Å². The van der Waals surface area contributed by atoms with Crippen molar-refractivity contribution in [2.24, 2.45) is 23.2 Å². The van der Waals surface area contributed by atoms with Crippen molar-refractivity contribution in [2.45, 2.75) is 83.3 Å². The van der Waals surface area contributed by atoms with Gasteiger partial charge in [0.05, 0.1) is 6.61 Å². The summed E-state index contributed by atoms with van der Waals surface area (Å²) in [6.45, 7) is 5.76. The zero-order chi connectivity index (χ0) is 19.3. The van der Waals surface area contributed by atoms with E-state index in [2.05, 4.69) is 32.0 Å². The molecule has 1 aliphatic heterocycles. The van der Waals surface area contributed by atoms with Crippen LogP contribution in [0.1, 0.15) is 88.2 Å². The van der Waals surface area contributed by atoms with Crippen LogP contribution in [0.4, 0.5) is 0 Å². The van der Waals surface area contributed by atoms with Crippen molar-refractivity contribution in [2.75, 3.05) is 6.61 Å². The van der Waals surface area contributed by atoms with Gasteiger partial charge in [0.2, 0.25) is 0 Å². The van der Waals surface area contributed by atoms with Gasteiger partial charge in [-0.3, -0.25) is 0 Å². The summed E-state index contributed by atoms with van der Waals surface area (Å²) in [6.07, 6.45) is 10.6. The van der Waals surface area contributed by atoms with Gasteiger partial charge in [0.1, 0.15) is 12.0 Å². The highest BCUT2D eigenvalue weighted by molar-refractivity contribution is 5.65. The highest BCUT2D eigenvalue weighted by Crippen LogP contribution is 2.64. The standard InChI is InChI=1S/C25H34O3/c1-16-6-9-23-22-13-17(15-26)21-14-18(28-24-5-3-4-12-27-24)7-8-19(21)20(22)10-11-25(16,23)2/h7-8,14-17,20,22-24H,3-6,9-13H2,1-2H3/t16-,17?,20?,22?,23?,24?,25+/m0/s1. The van der Waals surface area contributed by atoms with Gasteiger partial charge in [0.15, 0.2) is 6.29 Å². The zero-order valence-corrected chi connectivity index (χ0v) is 17.4. The molecular formula is C25H34O3. The Morgan fingerprint density at radius 1 is 1.14 bits per heavy atom. The van der Waals surface area contributed by atoms with Crippen LogP contribution in [0.3, 0.4) is 0 Å². The van der Waals surface area contributed by atoms with Gasteiger partial charge >= 0.3 is 0 Å². The number of carbonyl (C=O) groups is 1. The summed E-state index contributed by atoms with van der Waals surface area (Å²) in [6, 6.07) is 6.53. The van der Waals surface area contributed by atoms with Crippen LogP contribution in [0.25, 0.3) is 0 Å². The topological polar surface area (TPSA) is 35.5 Å². The molecule has 3 fully saturated rings. The molecule has 2 saturated carbocycles. The zero-order valence-electron chi connectivity index (χ0n) is 17.4. The van der Waals surface area contributed by atoms with E-state index in [9.17, 15) is 4.79 Å². The van der Waals surface area contributed by atoms with Crippen LogP contribution in [0, 0.1) is 23.2 Å². The van der Waals surface area contributed by atoms with Crippen LogP contribution in [-0.2, 0) is 9.53 Å². The predicted molar refractivity (Wildman–Crippen MR) is 110 cm³/mol. The van der Waals surface area contributed by atoms with Crippen LogP contribution in [0.2, 0.25) is 0 Å². The Labute approximate surface area is 169 Å². The maximum atomic E-state index is 12.1. The maximum Gasteiger partial charge on any atom is 0.199 e. The van der Waals surface area contributed by atoms with Gasteiger partial charge in [-0.2, -0.15) is 0 Å². The fourth-order valence-electron chi connectivity index (χ4n) is 7.05. The van der Waals surface area contributed by atoms with Gasteiger partial charge in [0.25, 0.3) is 0 Å². The second kappa shape index (κ2) is 7.16. The molecule has 3 heteroatoms. The van der Waals surface area contributed by atoms with Crippen molar-refractivity contribution in [3.8, 4) is 5.75 Å². The molecule has 152 valence electrons. The summed E-state index contributed by atoms with van der Waals surface area (Å²) in [4.78, 5) is 12.1. The Balaban J connectivity index is 1.43. The van der Waals surface area contributed by atoms with Crippen molar-refractivity contribution in [1.82, 2.24) is 0 Å². The fraction of sp³-hybridized carbons (Fsp3) is 0.720. The Morgan fingerprint density at radius 2 is 2.04 bits per heavy atom. The van der Waals surface area contributed by atoms with Crippen LogP contribution in [-0.4, -0.2) is 19.2 Å². The summed E-state index contributed by atoms with van der Waals surface area (Å²) in [5.74, 6) is 3.77. The lowest BCUT2D eigenvalue weighted by Gasteiger charge is -2.51. The number of hydrogen-bond donors (Lipinski definition) is 0. The smallest absolute Gasteiger partial charge is 0.199 e. The monoisotopic (exact) mass is 382 g/mol. The van der Waals surface area contributed by atoms with Crippen LogP contribution < -0.4 is 4.74 Å². The predicted octanol–water partition coefficient (Wildman–Crippen LogP) is 5.82. The van der Waals surface area contributed by atoms with E-state index < -0.39 is 0 Å². The molecule has 7 atom stereocenters. The maximum absolute atomic E-state index is 12.1. The minimum Gasteiger partial charge on any atom is -0.465 e. The van der Waals surface area contributed by atoms with Gasteiger partial charge in [0, 0.05) is 12.3 Å². The number of aldehydes is 1. The lowest BCUT2D eigenvalue weighted by molar-refractivity contribution is -0.110. The molecule has 1 aromatic rings. The van der Waals surface area contributed by atoms with E-state index in [-0.39, 0.29) is 12.2 Å². The fourth-order valence-corrected chi connectivity index (χ4v) is 7.05. The number of hydrogen-bond acceptors (Lipinski definition) is 3. The molecular weight excluding hydrogens is 348 g/mol. The second-order valence-corrected chi connectivity index (χ2v) is 10.1. The molecule has 0 spiro atoms. The SMILES string of the molecule is C[C@H]1CCC2C3CC(C=O)c4cc(OC5CCCCO5)ccc4C3CC[C@@]21C. The molecule has 0 bridgehead atoms. The van der Waals surface area contributed by atoms with Gasteiger partial charge in [-0.25, -0.2) is 0 Å². The quantitative estimate of drug-likeness (QED) is 0.618. The number of carbonyl (C=O) groups excluding carboxylic acids is 1. The third-order valence-electron chi connectivity index (χ3n) is 8.86. The molecule has 5 unspecified atom stereocenters. The molecule has 4 aliphatic rings.